The van der Waals surface area contributed by atoms with Crippen LogP contribution in [-0.4, -0.2) is 49.1 Å². The van der Waals surface area contributed by atoms with Crippen molar-refractivity contribution in [2.75, 3.05) is 33.2 Å². The van der Waals surface area contributed by atoms with Gasteiger partial charge >= 0.3 is 0 Å². The fraction of sp³-hybridized carbons (Fsp3) is 0.600. The van der Waals surface area contributed by atoms with Crippen LogP contribution in [0.1, 0.15) is 24.9 Å². The molecule has 112 valence electrons. The standard InChI is InChI=1S/C15H23ClFN3/c1-3-14-10-20(5-4-19(14)2)15(9-18)11-6-12(16)8-13(17)7-11/h6-8,14-15H,3-5,9-10,18H2,1-2H3. The maximum absolute atomic E-state index is 13.5. The number of nitrogens with two attached hydrogens (primary N) is 1. The van der Waals surface area contributed by atoms with Crippen LogP contribution in [-0.2, 0) is 0 Å². The summed E-state index contributed by atoms with van der Waals surface area (Å²) in [7, 11) is 2.15. The highest BCUT2D eigenvalue weighted by atomic mass is 35.5. The second-order valence-corrected chi connectivity index (χ2v) is 5.93. The lowest BCUT2D eigenvalue weighted by Crippen LogP contribution is -2.53. The zero-order valence-corrected chi connectivity index (χ0v) is 12.9. The average Bonchev–Trinajstić information content (AvgIpc) is 2.40. The van der Waals surface area contributed by atoms with E-state index in [0.717, 1.165) is 31.6 Å². The molecule has 0 saturated carbocycles. The Morgan fingerprint density at radius 2 is 2.15 bits per heavy atom. The van der Waals surface area contributed by atoms with Gasteiger partial charge < -0.3 is 10.6 Å². The van der Waals surface area contributed by atoms with Crippen molar-refractivity contribution < 1.29 is 4.39 Å². The Morgan fingerprint density at radius 3 is 2.75 bits per heavy atom. The predicted molar refractivity (Wildman–Crippen MR) is 81.5 cm³/mol. The smallest absolute Gasteiger partial charge is 0.125 e. The van der Waals surface area contributed by atoms with Crippen molar-refractivity contribution in [1.29, 1.82) is 0 Å². The van der Waals surface area contributed by atoms with E-state index in [-0.39, 0.29) is 11.9 Å². The Hall–Kier alpha value is -0.680. The van der Waals surface area contributed by atoms with Crippen molar-refractivity contribution in [2.24, 2.45) is 5.73 Å². The molecule has 3 nitrogen and oxygen atoms in total. The van der Waals surface area contributed by atoms with Crippen LogP contribution in [0.3, 0.4) is 0 Å². The molecule has 1 fully saturated rings. The third kappa shape index (κ3) is 3.50. The fourth-order valence-electron chi connectivity index (χ4n) is 2.96. The predicted octanol–water partition coefficient (Wildman–Crippen LogP) is 2.50. The Morgan fingerprint density at radius 1 is 1.40 bits per heavy atom. The first-order valence-corrected chi connectivity index (χ1v) is 7.53. The van der Waals surface area contributed by atoms with E-state index in [1.807, 2.05) is 6.07 Å². The Bertz CT molecular complexity index is 434. The molecular formula is C15H23ClFN3. The van der Waals surface area contributed by atoms with E-state index in [1.54, 1.807) is 6.07 Å². The lowest BCUT2D eigenvalue weighted by atomic mass is 10.0. The first-order valence-electron chi connectivity index (χ1n) is 7.15. The molecule has 0 spiro atoms. The summed E-state index contributed by atoms with van der Waals surface area (Å²) in [5, 5.41) is 0.430. The van der Waals surface area contributed by atoms with Gasteiger partial charge in [0.05, 0.1) is 0 Å². The zero-order valence-electron chi connectivity index (χ0n) is 12.1. The SMILES string of the molecule is CCC1CN(C(CN)c2cc(F)cc(Cl)c2)CCN1C. The van der Waals surface area contributed by atoms with E-state index in [4.69, 9.17) is 17.3 Å². The van der Waals surface area contributed by atoms with Crippen LogP contribution >= 0.6 is 11.6 Å². The molecule has 1 aliphatic rings. The lowest BCUT2D eigenvalue weighted by molar-refractivity contribution is 0.0643. The third-order valence-corrected chi connectivity index (χ3v) is 4.43. The van der Waals surface area contributed by atoms with Gasteiger partial charge in [0, 0.05) is 43.3 Å². The molecule has 1 saturated heterocycles. The van der Waals surface area contributed by atoms with E-state index in [2.05, 4.69) is 23.8 Å². The Kier molecular flexibility index (Phi) is 5.38. The van der Waals surface area contributed by atoms with E-state index < -0.39 is 0 Å². The van der Waals surface area contributed by atoms with Crippen LogP contribution in [0.25, 0.3) is 0 Å². The molecule has 1 aromatic carbocycles. The summed E-state index contributed by atoms with van der Waals surface area (Å²) in [4.78, 5) is 4.72. The van der Waals surface area contributed by atoms with E-state index in [0.29, 0.717) is 17.6 Å². The Balaban J connectivity index is 2.19. The Labute approximate surface area is 125 Å². The highest BCUT2D eigenvalue weighted by Gasteiger charge is 2.28. The summed E-state index contributed by atoms with van der Waals surface area (Å²) in [6.45, 7) is 5.59. The maximum Gasteiger partial charge on any atom is 0.125 e. The van der Waals surface area contributed by atoms with Gasteiger partial charge in [-0.2, -0.15) is 0 Å². The highest BCUT2D eigenvalue weighted by Crippen LogP contribution is 2.26. The molecule has 0 bridgehead atoms. The molecule has 2 unspecified atom stereocenters. The molecular weight excluding hydrogens is 277 g/mol. The van der Waals surface area contributed by atoms with Crippen molar-refractivity contribution in [3.8, 4) is 0 Å². The molecule has 0 aliphatic carbocycles. The molecule has 5 heteroatoms. The van der Waals surface area contributed by atoms with Crippen molar-refractivity contribution >= 4 is 11.6 Å². The minimum absolute atomic E-state index is 0.0333. The van der Waals surface area contributed by atoms with Gasteiger partial charge in [0.25, 0.3) is 0 Å². The summed E-state index contributed by atoms with van der Waals surface area (Å²) >= 11 is 5.96. The van der Waals surface area contributed by atoms with E-state index in [9.17, 15) is 4.39 Å². The lowest BCUT2D eigenvalue weighted by Gasteiger charge is -2.42. The van der Waals surface area contributed by atoms with E-state index in [1.165, 1.54) is 6.07 Å². The number of hydrogen-bond donors (Lipinski definition) is 1. The second-order valence-electron chi connectivity index (χ2n) is 5.49. The zero-order chi connectivity index (χ0) is 14.7. The molecule has 20 heavy (non-hydrogen) atoms. The van der Waals surface area contributed by atoms with Crippen LogP contribution in [0.5, 0.6) is 0 Å². The van der Waals surface area contributed by atoms with Crippen LogP contribution in [0, 0.1) is 5.82 Å². The summed E-state index contributed by atoms with van der Waals surface area (Å²) in [6.07, 6.45) is 1.11. The second kappa shape index (κ2) is 6.85. The van der Waals surface area contributed by atoms with Crippen LogP contribution < -0.4 is 5.73 Å². The number of nitrogens with zero attached hydrogens (tertiary/aromatic N) is 2. The normalized spacial score (nSPS) is 22.9. The molecule has 1 aromatic rings. The molecule has 2 rings (SSSR count). The number of halogens is 2. The molecule has 2 N–H and O–H groups in total. The highest BCUT2D eigenvalue weighted by molar-refractivity contribution is 6.30. The minimum atomic E-state index is -0.299. The topological polar surface area (TPSA) is 32.5 Å². The fourth-order valence-corrected chi connectivity index (χ4v) is 3.19. The van der Waals surface area contributed by atoms with Gasteiger partial charge in [-0.1, -0.05) is 18.5 Å². The number of piperazine rings is 1. The van der Waals surface area contributed by atoms with Gasteiger partial charge in [0.15, 0.2) is 0 Å². The first-order chi connectivity index (χ1) is 9.55. The van der Waals surface area contributed by atoms with Gasteiger partial charge in [-0.15, -0.1) is 0 Å². The molecule has 0 radical (unpaired) electrons. The molecule has 1 aliphatic heterocycles. The van der Waals surface area contributed by atoms with E-state index >= 15 is 0 Å². The van der Waals surface area contributed by atoms with Gasteiger partial charge in [-0.25, -0.2) is 4.39 Å². The van der Waals surface area contributed by atoms with Gasteiger partial charge in [-0.05, 0) is 37.2 Å². The monoisotopic (exact) mass is 299 g/mol. The molecule has 0 aromatic heterocycles. The number of hydrogen-bond acceptors (Lipinski definition) is 3. The number of benzene rings is 1. The number of rotatable bonds is 4. The molecule has 1 heterocycles. The third-order valence-electron chi connectivity index (χ3n) is 4.21. The van der Waals surface area contributed by atoms with Crippen LogP contribution in [0.2, 0.25) is 5.02 Å². The summed E-state index contributed by atoms with van der Waals surface area (Å²) in [5.41, 5.74) is 6.81. The maximum atomic E-state index is 13.5. The summed E-state index contributed by atoms with van der Waals surface area (Å²) in [6, 6.07) is 5.26. The largest absolute Gasteiger partial charge is 0.329 e. The minimum Gasteiger partial charge on any atom is -0.329 e. The van der Waals surface area contributed by atoms with Gasteiger partial charge in [-0.3, -0.25) is 4.90 Å². The van der Waals surface area contributed by atoms with Gasteiger partial charge in [0.2, 0.25) is 0 Å². The first kappa shape index (κ1) is 15.7. The average molecular weight is 300 g/mol. The molecule has 2 atom stereocenters. The summed E-state index contributed by atoms with van der Waals surface area (Å²) in [5.74, 6) is -0.299. The van der Waals surface area contributed by atoms with Crippen LogP contribution in [0.4, 0.5) is 4.39 Å². The quantitative estimate of drug-likeness (QED) is 0.927. The van der Waals surface area contributed by atoms with Crippen molar-refractivity contribution in [3.63, 3.8) is 0 Å². The summed E-state index contributed by atoms with van der Waals surface area (Å²) < 4.78 is 13.5. The number of likely N-dealkylation sites (N-methyl/N-ethyl adjacent to an activating group) is 1. The van der Waals surface area contributed by atoms with Crippen molar-refractivity contribution in [1.82, 2.24) is 9.80 Å². The van der Waals surface area contributed by atoms with Crippen molar-refractivity contribution in [3.05, 3.63) is 34.6 Å². The molecule has 0 amide bonds. The van der Waals surface area contributed by atoms with Crippen LogP contribution in [0.15, 0.2) is 18.2 Å². The van der Waals surface area contributed by atoms with Crippen molar-refractivity contribution in [2.45, 2.75) is 25.4 Å². The van der Waals surface area contributed by atoms with Gasteiger partial charge in [0.1, 0.15) is 5.82 Å².